The molecule has 0 heterocycles. The summed E-state index contributed by atoms with van der Waals surface area (Å²) in [7, 11) is 0. The number of esters is 1. The summed E-state index contributed by atoms with van der Waals surface area (Å²) in [6.45, 7) is 1.88. The number of halogens is 6. The van der Waals surface area contributed by atoms with E-state index >= 15 is 0 Å². The molecule has 0 bridgehead atoms. The average molecular weight is 374 g/mol. The van der Waals surface area contributed by atoms with Crippen LogP contribution in [0.5, 0.6) is 0 Å². The molecule has 0 aromatic rings. The van der Waals surface area contributed by atoms with Crippen LogP contribution < -0.4 is 21.7 Å². The summed E-state index contributed by atoms with van der Waals surface area (Å²) in [5, 5.41) is 17.6. The number of alkyl halides is 6. The Morgan fingerprint density at radius 2 is 1.17 bits per heavy atom. The van der Waals surface area contributed by atoms with Crippen LogP contribution in [0.25, 0.3) is 0 Å². The molecule has 0 aromatic heterocycles. The Balaban J connectivity index is -0.000000283. The normalized spacial score (nSPS) is 10.5. The van der Waals surface area contributed by atoms with Gasteiger partial charge in [0.2, 0.25) is 0 Å². The first-order valence-corrected chi connectivity index (χ1v) is 6.00. The summed E-state index contributed by atoms with van der Waals surface area (Å²) >= 11 is 0. The zero-order chi connectivity index (χ0) is 20.0. The quantitative estimate of drug-likeness (QED) is 0.373. The van der Waals surface area contributed by atoms with E-state index in [1.54, 1.807) is 0 Å². The maximum atomic E-state index is 10.7. The van der Waals surface area contributed by atoms with Crippen LogP contribution in [0.3, 0.4) is 0 Å². The minimum Gasteiger partial charge on any atom is -0.542 e. The number of carbonyl (C=O) groups is 3. The Kier molecular flexibility index (Phi) is 14.9. The molecule has 14 heteroatoms. The number of quaternary nitrogens is 2. The van der Waals surface area contributed by atoms with E-state index < -0.39 is 24.3 Å². The molecule has 144 valence electrons. The van der Waals surface area contributed by atoms with Crippen molar-refractivity contribution in [2.45, 2.75) is 25.2 Å². The lowest BCUT2D eigenvalue weighted by Gasteiger charge is -2.03. The fraction of sp³-hybridized carbons (Fsp3) is 0.700. The number of aliphatic carboxylic acids is 2. The number of ether oxygens (including phenoxy) is 1. The lowest BCUT2D eigenvalue weighted by atomic mass is 10.3. The van der Waals surface area contributed by atoms with Gasteiger partial charge in [0, 0.05) is 6.42 Å². The Hall–Kier alpha value is -2.09. The maximum Gasteiger partial charge on any atom is 0.430 e. The number of hydrogen-bond acceptors (Lipinski definition) is 6. The number of carbonyl (C=O) groups excluding carboxylic acids is 3. The van der Waals surface area contributed by atoms with Crippen molar-refractivity contribution in [1.29, 1.82) is 0 Å². The molecule has 0 radical (unpaired) electrons. The molecule has 0 aliphatic rings. The zero-order valence-electron chi connectivity index (χ0n) is 12.2. The fourth-order valence-corrected chi connectivity index (χ4v) is 0.528. The van der Waals surface area contributed by atoms with E-state index in [1.165, 1.54) is 0 Å². The van der Waals surface area contributed by atoms with E-state index in [9.17, 15) is 31.1 Å². The number of rotatable bonds is 5. The Morgan fingerprint density at radius 1 is 0.833 bits per heavy atom. The fourth-order valence-electron chi connectivity index (χ4n) is 0.528. The van der Waals surface area contributed by atoms with E-state index in [4.69, 9.17) is 24.5 Å². The van der Waals surface area contributed by atoms with Crippen LogP contribution in [0.4, 0.5) is 26.3 Å². The minimum atomic E-state index is -5.19. The first-order valence-electron chi connectivity index (χ1n) is 6.00. The zero-order valence-corrected chi connectivity index (χ0v) is 12.2. The number of carboxylic acids is 2. The molecule has 0 saturated carbocycles. The van der Waals surface area contributed by atoms with Crippen LogP contribution in [0.1, 0.15) is 12.8 Å². The molecule has 0 atom stereocenters. The highest BCUT2D eigenvalue weighted by atomic mass is 19.4. The highest BCUT2D eigenvalue weighted by molar-refractivity contribution is 5.71. The number of hydrogen-bond donors (Lipinski definition) is 2. The van der Waals surface area contributed by atoms with E-state index in [-0.39, 0.29) is 5.97 Å². The maximum absolute atomic E-state index is 10.7. The monoisotopic (exact) mass is 374 g/mol. The molecule has 0 amide bonds. The van der Waals surface area contributed by atoms with Crippen LogP contribution in [-0.4, -0.2) is 50.0 Å². The van der Waals surface area contributed by atoms with Gasteiger partial charge in [-0.15, -0.1) is 0 Å². The molecular weight excluding hydrogens is 358 g/mol. The third-order valence-electron chi connectivity index (χ3n) is 1.50. The van der Waals surface area contributed by atoms with Gasteiger partial charge in [-0.05, 0) is 0 Å². The summed E-state index contributed by atoms with van der Waals surface area (Å²) < 4.78 is 67.9. The minimum absolute atomic E-state index is 0.132. The SMILES string of the molecule is O=C([O-])C(F)(F)F.O=C([O-])C(F)(F)F.[NH3+]CCCC(=O)OCC[NH3+]. The molecule has 8 nitrogen and oxygen atoms in total. The smallest absolute Gasteiger partial charge is 0.430 e. The van der Waals surface area contributed by atoms with Gasteiger partial charge in [0.25, 0.3) is 0 Å². The molecule has 0 saturated heterocycles. The molecule has 0 fully saturated rings. The largest absolute Gasteiger partial charge is 0.542 e. The summed E-state index contributed by atoms with van der Waals surface area (Å²) in [5.41, 5.74) is 7.17. The van der Waals surface area contributed by atoms with Gasteiger partial charge in [0.15, 0.2) is 0 Å². The molecule has 0 unspecified atom stereocenters. The van der Waals surface area contributed by atoms with E-state index in [0.717, 1.165) is 13.0 Å². The standard InChI is InChI=1S/C6H14N2O2.2C2HF3O2/c7-3-1-2-6(9)10-5-4-8;2*3-2(4,5)1(6)7/h1-5,7-8H2;2*(H,6,7). The van der Waals surface area contributed by atoms with Gasteiger partial charge in [-0.3, -0.25) is 4.79 Å². The topological polar surface area (TPSA) is 162 Å². The third-order valence-corrected chi connectivity index (χ3v) is 1.50. The van der Waals surface area contributed by atoms with E-state index in [1.807, 2.05) is 0 Å². The second kappa shape index (κ2) is 13.4. The van der Waals surface area contributed by atoms with Gasteiger partial charge in [-0.1, -0.05) is 0 Å². The molecule has 0 aliphatic carbocycles. The highest BCUT2D eigenvalue weighted by Crippen LogP contribution is 2.12. The molecule has 0 aliphatic heterocycles. The molecule has 0 spiro atoms. The first kappa shape index (κ1) is 26.8. The average Bonchev–Trinajstić information content (AvgIpc) is 2.42. The predicted octanol–water partition coefficient (Wildman–Crippen LogP) is -3.61. The first-order chi connectivity index (χ1) is 10.7. The second-order valence-electron chi connectivity index (χ2n) is 3.60. The second-order valence-corrected chi connectivity index (χ2v) is 3.60. The van der Waals surface area contributed by atoms with Gasteiger partial charge in [-0.2, -0.15) is 26.3 Å². The Bertz CT molecular complexity index is 351. The number of carboxylic acid groups (broad SMARTS) is 2. The molecule has 6 N–H and O–H groups in total. The Morgan fingerprint density at radius 3 is 1.38 bits per heavy atom. The summed E-state index contributed by atoms with van der Waals surface area (Å²) in [6.07, 6.45) is -9.08. The predicted molar refractivity (Wildman–Crippen MR) is 57.8 cm³/mol. The molecule has 24 heavy (non-hydrogen) atoms. The van der Waals surface area contributed by atoms with Crippen LogP contribution >= 0.6 is 0 Å². The third kappa shape index (κ3) is 22.2. The molecule has 0 rings (SSSR count). The van der Waals surface area contributed by atoms with Crippen LogP contribution in [0.2, 0.25) is 0 Å². The van der Waals surface area contributed by atoms with E-state index in [2.05, 4.69) is 11.5 Å². The van der Waals surface area contributed by atoms with Gasteiger partial charge in [0.1, 0.15) is 25.1 Å². The van der Waals surface area contributed by atoms with Crippen molar-refractivity contribution in [3.05, 3.63) is 0 Å². The molecular formula is C10H16F6N2O6. The summed E-state index contributed by atoms with van der Waals surface area (Å²) in [4.78, 5) is 28.3. The van der Waals surface area contributed by atoms with Crippen LogP contribution in [-0.2, 0) is 19.1 Å². The van der Waals surface area contributed by atoms with Crippen molar-refractivity contribution < 1.29 is 67.1 Å². The lowest BCUT2D eigenvalue weighted by Crippen LogP contribution is -2.52. The van der Waals surface area contributed by atoms with Crippen LogP contribution in [0.15, 0.2) is 0 Å². The van der Waals surface area contributed by atoms with Crippen molar-refractivity contribution in [2.24, 2.45) is 0 Å². The summed E-state index contributed by atoms with van der Waals surface area (Å²) in [5.74, 6) is -6.15. The van der Waals surface area contributed by atoms with Gasteiger partial charge < -0.3 is 36.0 Å². The van der Waals surface area contributed by atoms with Crippen LogP contribution in [0, 0.1) is 0 Å². The van der Waals surface area contributed by atoms with Crippen molar-refractivity contribution in [3.63, 3.8) is 0 Å². The Labute approximate surface area is 131 Å². The molecule has 0 aromatic carbocycles. The highest BCUT2D eigenvalue weighted by Gasteiger charge is 2.29. The van der Waals surface area contributed by atoms with E-state index in [0.29, 0.717) is 19.6 Å². The van der Waals surface area contributed by atoms with Gasteiger partial charge in [0.05, 0.1) is 13.0 Å². The van der Waals surface area contributed by atoms with Crippen molar-refractivity contribution in [3.8, 4) is 0 Å². The van der Waals surface area contributed by atoms with Crippen molar-refractivity contribution in [2.75, 3.05) is 19.7 Å². The summed E-state index contributed by atoms with van der Waals surface area (Å²) in [6, 6.07) is 0. The van der Waals surface area contributed by atoms with Crippen molar-refractivity contribution in [1.82, 2.24) is 0 Å². The van der Waals surface area contributed by atoms with Crippen molar-refractivity contribution >= 4 is 17.9 Å². The van der Waals surface area contributed by atoms with Gasteiger partial charge in [-0.25, -0.2) is 0 Å². The van der Waals surface area contributed by atoms with Gasteiger partial charge >= 0.3 is 18.3 Å². The lowest BCUT2D eigenvalue weighted by molar-refractivity contribution is -0.373.